The molecule has 4 aromatic rings. The van der Waals surface area contributed by atoms with E-state index in [0.29, 0.717) is 11.4 Å². The van der Waals surface area contributed by atoms with Crippen LogP contribution in [0, 0.1) is 6.92 Å². The zero-order chi connectivity index (χ0) is 19.5. The first kappa shape index (κ1) is 17.9. The Bertz CT molecular complexity index is 1190. The lowest BCUT2D eigenvalue weighted by atomic mass is 10.1. The molecule has 0 aliphatic heterocycles. The van der Waals surface area contributed by atoms with Crippen molar-refractivity contribution < 1.29 is 13.9 Å². The summed E-state index contributed by atoms with van der Waals surface area (Å²) < 4.78 is 17.0. The number of ether oxygens (including phenoxy) is 2. The number of rotatable bonds is 4. The van der Waals surface area contributed by atoms with E-state index < -0.39 is 0 Å². The molecule has 0 bridgehead atoms. The third-order valence-electron chi connectivity index (χ3n) is 4.58. The predicted molar refractivity (Wildman–Crippen MR) is 111 cm³/mol. The SMILES string of the molecule is COc1ccc(OC)c(N=c2cc(-c3ccccc3)oc3ccc(C)cc23)c1. The number of hydrogen-bond donors (Lipinski definition) is 0. The summed E-state index contributed by atoms with van der Waals surface area (Å²) in [6.07, 6.45) is 0. The second-order valence-electron chi connectivity index (χ2n) is 6.51. The summed E-state index contributed by atoms with van der Waals surface area (Å²) in [5.74, 6) is 2.17. The van der Waals surface area contributed by atoms with Crippen LogP contribution in [0.4, 0.5) is 5.69 Å². The summed E-state index contributed by atoms with van der Waals surface area (Å²) in [5.41, 5.74) is 3.63. The van der Waals surface area contributed by atoms with E-state index in [9.17, 15) is 0 Å². The third kappa shape index (κ3) is 3.49. The maximum absolute atomic E-state index is 6.17. The van der Waals surface area contributed by atoms with E-state index in [0.717, 1.165) is 39.0 Å². The first-order chi connectivity index (χ1) is 13.7. The number of nitrogens with zero attached hydrogens (tertiary/aromatic N) is 1. The Kier molecular flexibility index (Phi) is 4.85. The molecule has 0 aliphatic carbocycles. The van der Waals surface area contributed by atoms with Crippen molar-refractivity contribution in [2.24, 2.45) is 4.99 Å². The molecule has 0 atom stereocenters. The number of benzene rings is 3. The summed E-state index contributed by atoms with van der Waals surface area (Å²) in [6.45, 7) is 2.06. The van der Waals surface area contributed by atoms with E-state index in [1.54, 1.807) is 14.2 Å². The number of fused-ring (bicyclic) bond motifs is 1. The molecule has 0 saturated carbocycles. The van der Waals surface area contributed by atoms with E-state index in [1.165, 1.54) is 0 Å². The number of hydrogen-bond acceptors (Lipinski definition) is 4. The molecular weight excluding hydrogens is 350 g/mol. The first-order valence-electron chi connectivity index (χ1n) is 9.04. The van der Waals surface area contributed by atoms with Gasteiger partial charge in [0.2, 0.25) is 0 Å². The zero-order valence-electron chi connectivity index (χ0n) is 16.1. The molecule has 0 amide bonds. The molecule has 1 heterocycles. The monoisotopic (exact) mass is 371 g/mol. The van der Waals surface area contributed by atoms with Crippen LogP contribution in [0.15, 0.2) is 82.2 Å². The van der Waals surface area contributed by atoms with Gasteiger partial charge < -0.3 is 13.9 Å². The summed E-state index contributed by atoms with van der Waals surface area (Å²) >= 11 is 0. The molecule has 1 aromatic heterocycles. The highest BCUT2D eigenvalue weighted by molar-refractivity contribution is 5.79. The summed E-state index contributed by atoms with van der Waals surface area (Å²) in [6, 6.07) is 23.7. The summed E-state index contributed by atoms with van der Waals surface area (Å²) in [5, 5.41) is 1.76. The van der Waals surface area contributed by atoms with Crippen LogP contribution >= 0.6 is 0 Å². The van der Waals surface area contributed by atoms with Gasteiger partial charge in [-0.3, -0.25) is 0 Å². The van der Waals surface area contributed by atoms with Crippen LogP contribution in [0.1, 0.15) is 5.56 Å². The molecule has 3 aromatic carbocycles. The minimum Gasteiger partial charge on any atom is -0.497 e. The molecular formula is C24H21NO3. The molecule has 4 heteroatoms. The van der Waals surface area contributed by atoms with Crippen LogP contribution in [0.5, 0.6) is 11.5 Å². The van der Waals surface area contributed by atoms with E-state index in [1.807, 2.05) is 66.7 Å². The highest BCUT2D eigenvalue weighted by atomic mass is 16.5. The molecule has 28 heavy (non-hydrogen) atoms. The molecule has 4 nitrogen and oxygen atoms in total. The lowest BCUT2D eigenvalue weighted by Gasteiger charge is -2.08. The van der Waals surface area contributed by atoms with E-state index in [-0.39, 0.29) is 0 Å². The highest BCUT2D eigenvalue weighted by Crippen LogP contribution is 2.31. The van der Waals surface area contributed by atoms with Crippen molar-refractivity contribution in [3.63, 3.8) is 0 Å². The lowest BCUT2D eigenvalue weighted by molar-refractivity contribution is 0.404. The Morgan fingerprint density at radius 3 is 2.39 bits per heavy atom. The molecule has 0 N–H and O–H groups in total. The highest BCUT2D eigenvalue weighted by Gasteiger charge is 2.09. The minimum atomic E-state index is 0.684. The van der Waals surface area contributed by atoms with Gasteiger partial charge in [0.1, 0.15) is 28.5 Å². The topological polar surface area (TPSA) is 44.0 Å². The zero-order valence-corrected chi connectivity index (χ0v) is 16.1. The van der Waals surface area contributed by atoms with Crippen LogP contribution in [0.2, 0.25) is 0 Å². The Morgan fingerprint density at radius 2 is 1.64 bits per heavy atom. The van der Waals surface area contributed by atoms with Crippen LogP contribution in [-0.4, -0.2) is 14.2 Å². The Hall–Kier alpha value is -3.53. The Labute approximate surface area is 163 Å². The standard InChI is InChI=1S/C24H21NO3/c1-16-9-11-22-19(13-16)20(15-24(28-22)17-7-5-4-6-8-17)25-21-14-18(26-2)10-12-23(21)27-3/h4-15H,1-3H3. The van der Waals surface area contributed by atoms with Crippen molar-refractivity contribution in [1.29, 1.82) is 0 Å². The maximum atomic E-state index is 6.17. The lowest BCUT2D eigenvalue weighted by Crippen LogP contribution is -2.04. The Morgan fingerprint density at radius 1 is 0.821 bits per heavy atom. The van der Waals surface area contributed by atoms with Gasteiger partial charge >= 0.3 is 0 Å². The molecule has 0 fully saturated rings. The van der Waals surface area contributed by atoms with Crippen molar-refractivity contribution >= 4 is 16.7 Å². The fraction of sp³-hybridized carbons (Fsp3) is 0.125. The van der Waals surface area contributed by atoms with Gasteiger partial charge in [-0.25, -0.2) is 4.99 Å². The normalized spacial score (nSPS) is 11.6. The van der Waals surface area contributed by atoms with Crippen LogP contribution in [-0.2, 0) is 0 Å². The number of aryl methyl sites for hydroxylation is 1. The van der Waals surface area contributed by atoms with Crippen molar-refractivity contribution in [1.82, 2.24) is 0 Å². The van der Waals surface area contributed by atoms with Crippen LogP contribution in [0.25, 0.3) is 22.3 Å². The van der Waals surface area contributed by atoms with Crippen molar-refractivity contribution in [3.05, 3.63) is 83.7 Å². The van der Waals surface area contributed by atoms with Crippen LogP contribution in [0.3, 0.4) is 0 Å². The van der Waals surface area contributed by atoms with E-state index >= 15 is 0 Å². The quantitative estimate of drug-likeness (QED) is 0.465. The Balaban J connectivity index is 2.02. The largest absolute Gasteiger partial charge is 0.497 e. The van der Waals surface area contributed by atoms with Crippen molar-refractivity contribution in [2.45, 2.75) is 6.92 Å². The summed E-state index contributed by atoms with van der Waals surface area (Å²) in [7, 11) is 3.28. The average molecular weight is 371 g/mol. The second-order valence-corrected chi connectivity index (χ2v) is 6.51. The van der Waals surface area contributed by atoms with Crippen LogP contribution < -0.4 is 14.8 Å². The maximum Gasteiger partial charge on any atom is 0.144 e. The molecule has 0 spiro atoms. The van der Waals surface area contributed by atoms with E-state index in [2.05, 4.69) is 13.0 Å². The van der Waals surface area contributed by atoms with Gasteiger partial charge in [-0.2, -0.15) is 0 Å². The molecule has 0 unspecified atom stereocenters. The van der Waals surface area contributed by atoms with Gasteiger partial charge in [0.25, 0.3) is 0 Å². The second kappa shape index (κ2) is 7.61. The van der Waals surface area contributed by atoms with E-state index in [4.69, 9.17) is 18.9 Å². The van der Waals surface area contributed by atoms with Crippen molar-refractivity contribution in [2.75, 3.05) is 14.2 Å². The smallest absolute Gasteiger partial charge is 0.144 e. The third-order valence-corrected chi connectivity index (χ3v) is 4.58. The number of methoxy groups -OCH3 is 2. The fourth-order valence-electron chi connectivity index (χ4n) is 3.13. The predicted octanol–water partition coefficient (Wildman–Crippen LogP) is 5.66. The van der Waals surface area contributed by atoms with Gasteiger partial charge in [-0.1, -0.05) is 42.0 Å². The van der Waals surface area contributed by atoms with Gasteiger partial charge in [0.15, 0.2) is 0 Å². The molecule has 0 aliphatic rings. The average Bonchev–Trinajstić information content (AvgIpc) is 2.74. The van der Waals surface area contributed by atoms with Gasteiger partial charge in [-0.15, -0.1) is 0 Å². The summed E-state index contributed by atoms with van der Waals surface area (Å²) in [4.78, 5) is 4.91. The molecule has 4 rings (SSSR count). The fourth-order valence-corrected chi connectivity index (χ4v) is 3.13. The molecule has 140 valence electrons. The minimum absolute atomic E-state index is 0.684. The van der Waals surface area contributed by atoms with Gasteiger partial charge in [0, 0.05) is 23.1 Å². The van der Waals surface area contributed by atoms with Crippen molar-refractivity contribution in [3.8, 4) is 22.8 Å². The molecule has 0 saturated heterocycles. The van der Waals surface area contributed by atoms with Gasteiger partial charge in [-0.05, 0) is 31.2 Å². The first-order valence-corrected chi connectivity index (χ1v) is 9.04. The van der Waals surface area contributed by atoms with Gasteiger partial charge in [0.05, 0.1) is 19.6 Å². The molecule has 0 radical (unpaired) electrons.